The summed E-state index contributed by atoms with van der Waals surface area (Å²) in [6.45, 7) is 3.46. The quantitative estimate of drug-likeness (QED) is 0.534. The van der Waals surface area contributed by atoms with Crippen molar-refractivity contribution in [3.05, 3.63) is 36.7 Å². The molecule has 1 atom stereocenters. The van der Waals surface area contributed by atoms with E-state index in [4.69, 9.17) is 10.8 Å². The van der Waals surface area contributed by atoms with Crippen LogP contribution in [0.3, 0.4) is 0 Å². The summed E-state index contributed by atoms with van der Waals surface area (Å²) in [5.74, 6) is -1.69. The molecule has 0 fully saturated rings. The van der Waals surface area contributed by atoms with Crippen LogP contribution in [-0.4, -0.2) is 17.1 Å². The van der Waals surface area contributed by atoms with Crippen molar-refractivity contribution >= 4 is 11.6 Å². The van der Waals surface area contributed by atoms with Crippen LogP contribution in [0.1, 0.15) is 6.42 Å². The second-order valence-electron chi connectivity index (χ2n) is 3.29. The van der Waals surface area contributed by atoms with E-state index in [0.29, 0.717) is 6.42 Å². The summed E-state index contributed by atoms with van der Waals surface area (Å²) in [4.78, 5) is 11.4. The lowest BCUT2D eigenvalue weighted by Gasteiger charge is -2.10. The number of hydrogen-bond acceptors (Lipinski definition) is 3. The minimum atomic E-state index is -0.796. The number of carbonyl (C=O) groups is 1. The minimum absolute atomic E-state index is 0.250. The molecule has 4 N–H and O–H groups in total. The van der Waals surface area contributed by atoms with Gasteiger partial charge in [0.15, 0.2) is 11.6 Å². The molecule has 0 bridgehead atoms. The first-order valence-corrected chi connectivity index (χ1v) is 4.70. The number of phenolic OH excluding ortho intramolecular Hbond substituents is 1. The van der Waals surface area contributed by atoms with Crippen LogP contribution < -0.4 is 11.1 Å². The van der Waals surface area contributed by atoms with Crippen LogP contribution >= 0.6 is 0 Å². The van der Waals surface area contributed by atoms with Crippen LogP contribution in [0.5, 0.6) is 5.75 Å². The average Bonchev–Trinajstić information content (AvgIpc) is 2.24. The van der Waals surface area contributed by atoms with Crippen LogP contribution in [0.15, 0.2) is 30.9 Å². The van der Waals surface area contributed by atoms with Gasteiger partial charge in [-0.05, 0) is 18.6 Å². The molecule has 1 aromatic rings. The van der Waals surface area contributed by atoms with Crippen LogP contribution in [0.4, 0.5) is 10.1 Å². The van der Waals surface area contributed by atoms with Gasteiger partial charge in [-0.1, -0.05) is 6.08 Å². The number of carbonyl (C=O) groups excluding carboxylic acids is 1. The van der Waals surface area contributed by atoms with Crippen molar-refractivity contribution in [2.45, 2.75) is 12.5 Å². The maximum Gasteiger partial charge on any atom is 0.241 e. The predicted octanol–water partition coefficient (Wildman–Crippen LogP) is 1.37. The van der Waals surface area contributed by atoms with Crippen LogP contribution in [-0.2, 0) is 4.79 Å². The smallest absolute Gasteiger partial charge is 0.241 e. The zero-order valence-corrected chi connectivity index (χ0v) is 8.61. The van der Waals surface area contributed by atoms with E-state index < -0.39 is 23.5 Å². The molecule has 4 nitrogen and oxygen atoms in total. The summed E-state index contributed by atoms with van der Waals surface area (Å²) < 4.78 is 12.9. The molecular weight excluding hydrogens is 211 g/mol. The van der Waals surface area contributed by atoms with Crippen molar-refractivity contribution in [2.75, 3.05) is 5.32 Å². The Morgan fingerprint density at radius 2 is 2.38 bits per heavy atom. The SMILES string of the molecule is C=CCC(N)C(=O)Nc1ccc(O)c(F)c1. The van der Waals surface area contributed by atoms with Gasteiger partial charge in [0.25, 0.3) is 0 Å². The molecule has 86 valence electrons. The number of hydrogen-bond donors (Lipinski definition) is 3. The Morgan fingerprint density at radius 3 is 2.94 bits per heavy atom. The molecule has 0 saturated heterocycles. The number of aromatic hydroxyl groups is 1. The van der Waals surface area contributed by atoms with Gasteiger partial charge in [0.05, 0.1) is 6.04 Å². The van der Waals surface area contributed by atoms with Crippen molar-refractivity contribution in [1.29, 1.82) is 0 Å². The van der Waals surface area contributed by atoms with Crippen molar-refractivity contribution in [3.63, 3.8) is 0 Å². The zero-order chi connectivity index (χ0) is 12.1. The lowest BCUT2D eigenvalue weighted by Crippen LogP contribution is -2.35. The first-order valence-electron chi connectivity index (χ1n) is 4.70. The van der Waals surface area contributed by atoms with Gasteiger partial charge >= 0.3 is 0 Å². The second-order valence-corrected chi connectivity index (χ2v) is 3.29. The van der Waals surface area contributed by atoms with Gasteiger partial charge < -0.3 is 16.2 Å². The van der Waals surface area contributed by atoms with E-state index in [1.165, 1.54) is 12.1 Å². The molecule has 0 spiro atoms. The van der Waals surface area contributed by atoms with E-state index in [1.54, 1.807) is 0 Å². The highest BCUT2D eigenvalue weighted by Gasteiger charge is 2.12. The molecule has 1 amide bonds. The third-order valence-electron chi connectivity index (χ3n) is 1.97. The standard InChI is InChI=1S/C11H13FN2O2/c1-2-3-9(13)11(16)14-7-4-5-10(15)8(12)6-7/h2,4-6,9,15H,1,3,13H2,(H,14,16). The Morgan fingerprint density at radius 1 is 1.69 bits per heavy atom. The van der Waals surface area contributed by atoms with Crippen molar-refractivity contribution in [3.8, 4) is 5.75 Å². The first kappa shape index (κ1) is 12.2. The van der Waals surface area contributed by atoms with E-state index in [-0.39, 0.29) is 5.69 Å². The second kappa shape index (κ2) is 5.27. The van der Waals surface area contributed by atoms with Crippen LogP contribution in [0.25, 0.3) is 0 Å². The first-order chi connectivity index (χ1) is 7.54. The average molecular weight is 224 g/mol. The number of halogens is 1. The van der Waals surface area contributed by atoms with Crippen LogP contribution in [0, 0.1) is 5.82 Å². The molecule has 0 saturated carbocycles. The summed E-state index contributed by atoms with van der Waals surface area (Å²) in [7, 11) is 0. The zero-order valence-electron chi connectivity index (χ0n) is 8.61. The fourth-order valence-corrected chi connectivity index (χ4v) is 1.11. The van der Waals surface area contributed by atoms with Gasteiger partial charge in [0, 0.05) is 11.8 Å². The summed E-state index contributed by atoms with van der Waals surface area (Å²) in [6, 6.07) is 2.85. The number of nitrogens with one attached hydrogen (secondary N) is 1. The van der Waals surface area contributed by atoms with E-state index >= 15 is 0 Å². The Labute approximate surface area is 92.6 Å². The number of rotatable bonds is 4. The van der Waals surface area contributed by atoms with E-state index in [2.05, 4.69) is 11.9 Å². The number of anilines is 1. The third kappa shape index (κ3) is 3.06. The van der Waals surface area contributed by atoms with Crippen molar-refractivity contribution in [2.24, 2.45) is 5.73 Å². The van der Waals surface area contributed by atoms with E-state index in [1.807, 2.05) is 0 Å². The van der Waals surface area contributed by atoms with Gasteiger partial charge in [-0.3, -0.25) is 4.79 Å². The fourth-order valence-electron chi connectivity index (χ4n) is 1.11. The summed E-state index contributed by atoms with van der Waals surface area (Å²) in [5, 5.41) is 11.4. The largest absolute Gasteiger partial charge is 0.505 e. The normalized spacial score (nSPS) is 11.9. The topological polar surface area (TPSA) is 75.4 Å². The third-order valence-corrected chi connectivity index (χ3v) is 1.97. The highest BCUT2D eigenvalue weighted by Crippen LogP contribution is 2.19. The molecule has 0 aliphatic carbocycles. The molecular formula is C11H13FN2O2. The molecule has 0 aromatic heterocycles. The number of amides is 1. The molecule has 0 heterocycles. The Hall–Kier alpha value is -1.88. The van der Waals surface area contributed by atoms with Crippen molar-refractivity contribution in [1.82, 2.24) is 0 Å². The highest BCUT2D eigenvalue weighted by molar-refractivity contribution is 5.94. The van der Waals surface area contributed by atoms with Gasteiger partial charge in [0.1, 0.15) is 0 Å². The summed E-state index contributed by atoms with van der Waals surface area (Å²) >= 11 is 0. The Kier molecular flexibility index (Phi) is 4.02. The number of benzene rings is 1. The van der Waals surface area contributed by atoms with Gasteiger partial charge in [0.2, 0.25) is 5.91 Å². The van der Waals surface area contributed by atoms with Gasteiger partial charge in [-0.15, -0.1) is 6.58 Å². The molecule has 0 aliphatic heterocycles. The molecule has 1 aromatic carbocycles. The molecule has 5 heteroatoms. The molecule has 1 unspecified atom stereocenters. The summed E-state index contributed by atoms with van der Waals surface area (Å²) in [5.41, 5.74) is 5.77. The Bertz CT molecular complexity index is 407. The lowest BCUT2D eigenvalue weighted by atomic mass is 10.2. The monoisotopic (exact) mass is 224 g/mol. The molecule has 0 radical (unpaired) electrons. The molecule has 16 heavy (non-hydrogen) atoms. The highest BCUT2D eigenvalue weighted by atomic mass is 19.1. The maximum atomic E-state index is 12.9. The fraction of sp³-hybridized carbons (Fsp3) is 0.182. The van der Waals surface area contributed by atoms with E-state index in [0.717, 1.165) is 12.1 Å². The van der Waals surface area contributed by atoms with Gasteiger partial charge in [-0.25, -0.2) is 4.39 Å². The van der Waals surface area contributed by atoms with Gasteiger partial charge in [-0.2, -0.15) is 0 Å². The van der Waals surface area contributed by atoms with Crippen LogP contribution in [0.2, 0.25) is 0 Å². The number of nitrogens with two attached hydrogens (primary N) is 1. The Balaban J connectivity index is 2.69. The maximum absolute atomic E-state index is 12.9. The number of phenols is 1. The summed E-state index contributed by atoms with van der Waals surface area (Å²) in [6.07, 6.45) is 1.87. The minimum Gasteiger partial charge on any atom is -0.505 e. The lowest BCUT2D eigenvalue weighted by molar-refractivity contribution is -0.117. The predicted molar refractivity (Wildman–Crippen MR) is 59.5 cm³/mol. The molecule has 0 aliphatic rings. The van der Waals surface area contributed by atoms with E-state index in [9.17, 15) is 9.18 Å². The van der Waals surface area contributed by atoms with Crippen molar-refractivity contribution < 1.29 is 14.3 Å². The molecule has 1 rings (SSSR count).